The molecule has 5 nitrogen and oxygen atoms in total. The molecule has 1 aromatic rings. The predicted octanol–water partition coefficient (Wildman–Crippen LogP) is 1.31. The fourth-order valence-electron chi connectivity index (χ4n) is 1.78. The molecule has 92 valence electrons. The zero-order valence-corrected chi connectivity index (χ0v) is 9.69. The van der Waals surface area contributed by atoms with E-state index in [1.54, 1.807) is 18.3 Å². The molecule has 2 rings (SSSR count). The largest absolute Gasteiger partial charge is 0.491 e. The second kappa shape index (κ2) is 5.63. The lowest BCUT2D eigenvalue weighted by Crippen LogP contribution is -2.25. The van der Waals surface area contributed by atoms with Crippen molar-refractivity contribution in [3.63, 3.8) is 0 Å². The second-order valence-electron chi connectivity index (χ2n) is 4.09. The minimum absolute atomic E-state index is 0.0515. The smallest absolute Gasteiger partial charge is 0.141 e. The topological polar surface area (TPSA) is 81.2 Å². The minimum atomic E-state index is -0.0515. The third-order valence-corrected chi connectivity index (χ3v) is 2.72. The van der Waals surface area contributed by atoms with Crippen LogP contribution in [0.1, 0.15) is 25.0 Å². The molecular weight excluding hydrogens is 218 g/mol. The lowest BCUT2D eigenvalue weighted by molar-refractivity contribution is -0.0110. The van der Waals surface area contributed by atoms with Crippen molar-refractivity contribution in [2.45, 2.75) is 25.4 Å². The maximum absolute atomic E-state index is 7.30. The van der Waals surface area contributed by atoms with Gasteiger partial charge in [-0.15, -0.1) is 0 Å². The van der Waals surface area contributed by atoms with Crippen LogP contribution in [-0.2, 0) is 4.74 Å². The van der Waals surface area contributed by atoms with E-state index >= 15 is 0 Å². The zero-order chi connectivity index (χ0) is 12.1. The van der Waals surface area contributed by atoms with Gasteiger partial charge in [0.05, 0.1) is 6.10 Å². The Morgan fingerprint density at radius 3 is 3.18 bits per heavy atom. The Hall–Kier alpha value is -1.62. The third-order valence-electron chi connectivity index (χ3n) is 2.72. The molecule has 1 fully saturated rings. The average Bonchev–Trinajstić information content (AvgIpc) is 2.38. The summed E-state index contributed by atoms with van der Waals surface area (Å²) in [6.07, 6.45) is 5.15. The quantitative estimate of drug-likeness (QED) is 0.609. The van der Waals surface area contributed by atoms with Crippen molar-refractivity contribution < 1.29 is 9.47 Å². The molecule has 1 atom stereocenters. The van der Waals surface area contributed by atoms with Crippen LogP contribution in [0.5, 0.6) is 5.75 Å². The van der Waals surface area contributed by atoms with E-state index in [4.69, 9.17) is 20.6 Å². The van der Waals surface area contributed by atoms with Crippen LogP contribution in [-0.4, -0.2) is 30.1 Å². The fraction of sp³-hybridized carbons (Fsp3) is 0.500. The SMILES string of the molecule is N=C(N)c1cc(OCC2CCCCO2)ccn1. The molecule has 1 aromatic heterocycles. The highest BCUT2D eigenvalue weighted by Gasteiger charge is 2.14. The number of hydrogen-bond donors (Lipinski definition) is 2. The number of nitrogens with two attached hydrogens (primary N) is 1. The summed E-state index contributed by atoms with van der Waals surface area (Å²) in [5.41, 5.74) is 5.80. The second-order valence-corrected chi connectivity index (χ2v) is 4.09. The highest BCUT2D eigenvalue weighted by molar-refractivity contribution is 5.93. The van der Waals surface area contributed by atoms with E-state index in [0.717, 1.165) is 19.4 Å². The molecule has 1 saturated heterocycles. The van der Waals surface area contributed by atoms with E-state index in [1.165, 1.54) is 6.42 Å². The molecule has 0 spiro atoms. The molecule has 1 aliphatic heterocycles. The fourth-order valence-corrected chi connectivity index (χ4v) is 1.78. The summed E-state index contributed by atoms with van der Waals surface area (Å²) >= 11 is 0. The van der Waals surface area contributed by atoms with Crippen molar-refractivity contribution in [2.75, 3.05) is 13.2 Å². The molecule has 0 saturated carbocycles. The summed E-state index contributed by atoms with van der Waals surface area (Å²) < 4.78 is 11.2. The van der Waals surface area contributed by atoms with Crippen molar-refractivity contribution in [2.24, 2.45) is 5.73 Å². The van der Waals surface area contributed by atoms with E-state index in [9.17, 15) is 0 Å². The number of nitrogens with one attached hydrogen (secondary N) is 1. The van der Waals surface area contributed by atoms with Crippen molar-refractivity contribution in [3.05, 3.63) is 24.0 Å². The number of rotatable bonds is 4. The van der Waals surface area contributed by atoms with E-state index < -0.39 is 0 Å². The van der Waals surface area contributed by atoms with Gasteiger partial charge < -0.3 is 15.2 Å². The first-order valence-electron chi connectivity index (χ1n) is 5.80. The first-order chi connectivity index (χ1) is 8.25. The Labute approximate surface area is 100 Å². The van der Waals surface area contributed by atoms with Crippen molar-refractivity contribution in [1.82, 2.24) is 4.98 Å². The van der Waals surface area contributed by atoms with Crippen LogP contribution in [0.25, 0.3) is 0 Å². The molecule has 2 heterocycles. The number of nitrogens with zero attached hydrogens (tertiary/aromatic N) is 1. The van der Waals surface area contributed by atoms with Crippen LogP contribution >= 0.6 is 0 Å². The van der Waals surface area contributed by atoms with Crippen LogP contribution in [0.4, 0.5) is 0 Å². The number of nitrogen functional groups attached to an aromatic ring is 1. The molecule has 0 aromatic carbocycles. The summed E-state index contributed by atoms with van der Waals surface area (Å²) in [5, 5.41) is 7.30. The molecule has 1 unspecified atom stereocenters. The number of ether oxygens (including phenoxy) is 2. The standard InChI is InChI=1S/C12H17N3O2/c13-12(14)11-7-9(4-5-15-11)17-8-10-3-1-2-6-16-10/h4-5,7,10H,1-3,6,8H2,(H3,13,14). The van der Waals surface area contributed by atoms with Gasteiger partial charge in [-0.05, 0) is 25.3 Å². The van der Waals surface area contributed by atoms with Gasteiger partial charge in [0.2, 0.25) is 0 Å². The van der Waals surface area contributed by atoms with Crippen molar-refractivity contribution >= 4 is 5.84 Å². The molecule has 17 heavy (non-hydrogen) atoms. The van der Waals surface area contributed by atoms with E-state index in [-0.39, 0.29) is 11.9 Å². The molecule has 1 aliphatic rings. The number of pyridine rings is 1. The van der Waals surface area contributed by atoms with Gasteiger partial charge in [0.1, 0.15) is 23.9 Å². The number of aromatic nitrogens is 1. The molecule has 0 radical (unpaired) electrons. The molecular formula is C12H17N3O2. The summed E-state index contributed by atoms with van der Waals surface area (Å²) in [6.45, 7) is 1.37. The van der Waals surface area contributed by atoms with E-state index in [1.807, 2.05) is 0 Å². The van der Waals surface area contributed by atoms with Crippen LogP contribution in [0.15, 0.2) is 18.3 Å². The van der Waals surface area contributed by atoms with Gasteiger partial charge >= 0.3 is 0 Å². The monoisotopic (exact) mass is 235 g/mol. The maximum Gasteiger partial charge on any atom is 0.141 e. The Kier molecular flexibility index (Phi) is 3.93. The Bertz CT molecular complexity index is 389. The highest BCUT2D eigenvalue weighted by atomic mass is 16.5. The van der Waals surface area contributed by atoms with Gasteiger partial charge in [0.25, 0.3) is 0 Å². The summed E-state index contributed by atoms with van der Waals surface area (Å²) in [5.74, 6) is 0.628. The first kappa shape index (κ1) is 11.9. The van der Waals surface area contributed by atoms with Gasteiger partial charge in [-0.3, -0.25) is 10.4 Å². The van der Waals surface area contributed by atoms with E-state index in [2.05, 4.69) is 4.98 Å². The lowest BCUT2D eigenvalue weighted by atomic mass is 10.1. The summed E-state index contributed by atoms with van der Waals surface area (Å²) in [7, 11) is 0. The van der Waals surface area contributed by atoms with Crippen LogP contribution in [0, 0.1) is 5.41 Å². The number of hydrogen-bond acceptors (Lipinski definition) is 4. The minimum Gasteiger partial charge on any atom is -0.491 e. The maximum atomic E-state index is 7.30. The molecule has 0 amide bonds. The van der Waals surface area contributed by atoms with Crippen molar-refractivity contribution in [3.8, 4) is 5.75 Å². The summed E-state index contributed by atoms with van der Waals surface area (Å²) in [4.78, 5) is 3.97. The van der Waals surface area contributed by atoms with E-state index in [0.29, 0.717) is 18.1 Å². The van der Waals surface area contributed by atoms with Gasteiger partial charge in [-0.2, -0.15) is 0 Å². The van der Waals surface area contributed by atoms with Crippen LogP contribution in [0.3, 0.4) is 0 Å². The summed E-state index contributed by atoms with van der Waals surface area (Å²) in [6, 6.07) is 3.43. The third kappa shape index (κ3) is 3.42. The molecule has 5 heteroatoms. The van der Waals surface area contributed by atoms with Crippen LogP contribution < -0.4 is 10.5 Å². The highest BCUT2D eigenvalue weighted by Crippen LogP contribution is 2.16. The Morgan fingerprint density at radius 1 is 1.59 bits per heavy atom. The van der Waals surface area contributed by atoms with Crippen molar-refractivity contribution in [1.29, 1.82) is 5.41 Å². The molecule has 0 aliphatic carbocycles. The van der Waals surface area contributed by atoms with Gasteiger partial charge in [0, 0.05) is 18.9 Å². The van der Waals surface area contributed by atoms with Gasteiger partial charge in [-0.1, -0.05) is 0 Å². The Balaban J connectivity index is 1.89. The Morgan fingerprint density at radius 2 is 2.47 bits per heavy atom. The number of amidine groups is 1. The molecule has 3 N–H and O–H groups in total. The predicted molar refractivity (Wildman–Crippen MR) is 64.3 cm³/mol. The van der Waals surface area contributed by atoms with Gasteiger partial charge in [0.15, 0.2) is 0 Å². The first-order valence-corrected chi connectivity index (χ1v) is 5.80. The molecule has 0 bridgehead atoms. The lowest BCUT2D eigenvalue weighted by Gasteiger charge is -2.22. The van der Waals surface area contributed by atoms with Crippen LogP contribution in [0.2, 0.25) is 0 Å². The van der Waals surface area contributed by atoms with Gasteiger partial charge in [-0.25, -0.2) is 0 Å². The zero-order valence-electron chi connectivity index (χ0n) is 9.69. The normalized spacial score (nSPS) is 19.9. The average molecular weight is 235 g/mol.